The Hall–Kier alpha value is -2.21. The number of hydrogen-bond acceptors (Lipinski definition) is 4. The molecule has 1 aliphatic rings. The fraction of sp³-hybridized carbons (Fsp3) is 0.526. The van der Waals surface area contributed by atoms with E-state index in [9.17, 15) is 9.59 Å². The van der Waals surface area contributed by atoms with Crippen LogP contribution in [0.3, 0.4) is 0 Å². The number of aryl methyl sites for hydroxylation is 1. The molecular formula is C19H26N4O2. The molecule has 1 saturated heterocycles. The molecule has 0 aliphatic carbocycles. The van der Waals surface area contributed by atoms with Gasteiger partial charge < -0.3 is 9.80 Å². The number of nitrogens with zero attached hydrogens (tertiary/aromatic N) is 4. The summed E-state index contributed by atoms with van der Waals surface area (Å²) in [5, 5.41) is 0.632. The Morgan fingerprint density at radius 3 is 2.80 bits per heavy atom. The third-order valence-corrected chi connectivity index (χ3v) is 4.98. The topological polar surface area (TPSA) is 58.4 Å². The molecule has 0 saturated carbocycles. The standard InChI is InChI=1S/C19H26N4O2/c1-14-13-21(3)11-12-22(14)18(24)9-6-10-23-15(2)20-17-8-5-4-7-16(17)19(23)25/h4-5,7-8,14H,6,9-13H2,1-3H3/t14-/m1/s1. The smallest absolute Gasteiger partial charge is 0.261 e. The number of carbonyl (C=O) groups is 1. The van der Waals surface area contributed by atoms with Crippen LogP contribution >= 0.6 is 0 Å². The van der Waals surface area contributed by atoms with Crippen molar-refractivity contribution < 1.29 is 4.79 Å². The second kappa shape index (κ2) is 7.35. The van der Waals surface area contributed by atoms with Crippen LogP contribution < -0.4 is 5.56 Å². The minimum atomic E-state index is -0.0245. The number of para-hydroxylation sites is 1. The van der Waals surface area contributed by atoms with E-state index in [4.69, 9.17) is 0 Å². The van der Waals surface area contributed by atoms with Crippen molar-refractivity contribution in [2.45, 2.75) is 39.3 Å². The highest BCUT2D eigenvalue weighted by Gasteiger charge is 2.25. The van der Waals surface area contributed by atoms with Gasteiger partial charge in [-0.15, -0.1) is 0 Å². The highest BCUT2D eigenvalue weighted by molar-refractivity contribution is 5.77. The van der Waals surface area contributed by atoms with Crippen molar-refractivity contribution in [1.82, 2.24) is 19.4 Å². The van der Waals surface area contributed by atoms with E-state index in [0.717, 1.165) is 25.2 Å². The molecule has 2 aromatic rings. The van der Waals surface area contributed by atoms with Crippen molar-refractivity contribution in [2.24, 2.45) is 0 Å². The molecule has 1 aliphatic heterocycles. The van der Waals surface area contributed by atoms with Gasteiger partial charge in [0.05, 0.1) is 10.9 Å². The Balaban J connectivity index is 1.65. The molecule has 1 aromatic carbocycles. The lowest BCUT2D eigenvalue weighted by Gasteiger charge is -2.38. The first kappa shape index (κ1) is 17.6. The van der Waals surface area contributed by atoms with Crippen LogP contribution in [0.5, 0.6) is 0 Å². The molecule has 6 heteroatoms. The number of hydrogen-bond donors (Lipinski definition) is 0. The normalized spacial score (nSPS) is 18.7. The summed E-state index contributed by atoms with van der Waals surface area (Å²) in [4.78, 5) is 33.9. The van der Waals surface area contributed by atoms with Gasteiger partial charge >= 0.3 is 0 Å². The summed E-state index contributed by atoms with van der Waals surface area (Å²) in [7, 11) is 2.08. The van der Waals surface area contributed by atoms with E-state index in [1.807, 2.05) is 30.0 Å². The zero-order chi connectivity index (χ0) is 18.0. The summed E-state index contributed by atoms with van der Waals surface area (Å²) in [6.45, 7) is 7.08. The first-order chi connectivity index (χ1) is 12.0. The number of likely N-dealkylation sites (N-methyl/N-ethyl adjacent to an activating group) is 1. The Bertz CT molecular complexity index is 830. The van der Waals surface area contributed by atoms with Crippen molar-refractivity contribution in [3.05, 3.63) is 40.4 Å². The SMILES string of the molecule is Cc1nc2ccccc2c(=O)n1CCCC(=O)N1CCN(C)C[C@H]1C. The maximum absolute atomic E-state index is 12.6. The Labute approximate surface area is 148 Å². The lowest BCUT2D eigenvalue weighted by Crippen LogP contribution is -2.52. The summed E-state index contributed by atoms with van der Waals surface area (Å²) >= 11 is 0. The van der Waals surface area contributed by atoms with Gasteiger partial charge in [-0.25, -0.2) is 4.98 Å². The molecule has 2 heterocycles. The molecule has 0 radical (unpaired) electrons. The molecule has 1 atom stereocenters. The molecule has 25 heavy (non-hydrogen) atoms. The van der Waals surface area contributed by atoms with Gasteiger partial charge in [-0.1, -0.05) is 12.1 Å². The fourth-order valence-corrected chi connectivity index (χ4v) is 3.58. The summed E-state index contributed by atoms with van der Waals surface area (Å²) in [6.07, 6.45) is 1.12. The van der Waals surface area contributed by atoms with Gasteiger partial charge in [0.2, 0.25) is 5.91 Å². The lowest BCUT2D eigenvalue weighted by molar-refractivity contribution is -0.135. The Kier molecular flexibility index (Phi) is 5.18. The zero-order valence-electron chi connectivity index (χ0n) is 15.2. The van der Waals surface area contributed by atoms with Gasteiger partial charge in [-0.2, -0.15) is 0 Å². The molecule has 1 fully saturated rings. The van der Waals surface area contributed by atoms with Gasteiger partial charge in [0, 0.05) is 38.6 Å². The molecule has 3 rings (SSSR count). The minimum absolute atomic E-state index is 0.0245. The van der Waals surface area contributed by atoms with Gasteiger partial charge in [-0.3, -0.25) is 14.2 Å². The second-order valence-corrected chi connectivity index (χ2v) is 6.93. The lowest BCUT2D eigenvalue weighted by atomic mass is 10.1. The van der Waals surface area contributed by atoms with Crippen molar-refractivity contribution in [2.75, 3.05) is 26.7 Å². The number of benzene rings is 1. The summed E-state index contributed by atoms with van der Waals surface area (Å²) < 4.78 is 1.68. The van der Waals surface area contributed by atoms with Crippen molar-refractivity contribution in [1.29, 1.82) is 0 Å². The third-order valence-electron chi connectivity index (χ3n) is 4.98. The van der Waals surface area contributed by atoms with Gasteiger partial charge in [0.15, 0.2) is 0 Å². The number of fused-ring (bicyclic) bond motifs is 1. The highest BCUT2D eigenvalue weighted by atomic mass is 16.2. The Morgan fingerprint density at radius 2 is 2.04 bits per heavy atom. The molecule has 6 nitrogen and oxygen atoms in total. The molecule has 1 aromatic heterocycles. The molecular weight excluding hydrogens is 316 g/mol. The number of carbonyl (C=O) groups excluding carboxylic acids is 1. The van der Waals surface area contributed by atoms with Gasteiger partial charge in [0.25, 0.3) is 5.56 Å². The highest BCUT2D eigenvalue weighted by Crippen LogP contribution is 2.12. The van der Waals surface area contributed by atoms with Crippen molar-refractivity contribution in [3.63, 3.8) is 0 Å². The average Bonchev–Trinajstić information content (AvgIpc) is 2.57. The number of piperazine rings is 1. The molecule has 0 bridgehead atoms. The fourth-order valence-electron chi connectivity index (χ4n) is 3.58. The van der Waals surface area contributed by atoms with Crippen LogP contribution in [0.25, 0.3) is 10.9 Å². The summed E-state index contributed by atoms with van der Waals surface area (Å²) in [5.74, 6) is 0.879. The first-order valence-corrected chi connectivity index (χ1v) is 8.91. The monoisotopic (exact) mass is 342 g/mol. The molecule has 1 amide bonds. The van der Waals surface area contributed by atoms with Crippen LogP contribution in [0, 0.1) is 6.92 Å². The van der Waals surface area contributed by atoms with Gasteiger partial charge in [-0.05, 0) is 39.4 Å². The predicted molar refractivity (Wildman–Crippen MR) is 98.6 cm³/mol. The van der Waals surface area contributed by atoms with E-state index in [2.05, 4.69) is 23.9 Å². The minimum Gasteiger partial charge on any atom is -0.337 e. The zero-order valence-corrected chi connectivity index (χ0v) is 15.2. The summed E-state index contributed by atoms with van der Waals surface area (Å²) in [5.41, 5.74) is 0.701. The first-order valence-electron chi connectivity index (χ1n) is 8.91. The largest absolute Gasteiger partial charge is 0.337 e. The van der Waals surface area contributed by atoms with Crippen LogP contribution in [0.2, 0.25) is 0 Å². The summed E-state index contributed by atoms with van der Waals surface area (Å²) in [6, 6.07) is 7.64. The second-order valence-electron chi connectivity index (χ2n) is 6.93. The van der Waals surface area contributed by atoms with Gasteiger partial charge in [0.1, 0.15) is 5.82 Å². The molecule has 0 spiro atoms. The van der Waals surface area contributed by atoms with Crippen LogP contribution in [-0.2, 0) is 11.3 Å². The maximum Gasteiger partial charge on any atom is 0.261 e. The van der Waals surface area contributed by atoms with Crippen LogP contribution in [0.1, 0.15) is 25.6 Å². The van der Waals surface area contributed by atoms with Crippen LogP contribution in [0.4, 0.5) is 0 Å². The van der Waals surface area contributed by atoms with E-state index in [1.165, 1.54) is 0 Å². The Morgan fingerprint density at radius 1 is 1.28 bits per heavy atom. The molecule has 0 unspecified atom stereocenters. The average molecular weight is 342 g/mol. The van der Waals surface area contributed by atoms with Crippen molar-refractivity contribution >= 4 is 16.8 Å². The van der Waals surface area contributed by atoms with E-state index < -0.39 is 0 Å². The maximum atomic E-state index is 12.6. The quantitative estimate of drug-likeness (QED) is 0.848. The van der Waals surface area contributed by atoms with E-state index in [1.54, 1.807) is 10.6 Å². The van der Waals surface area contributed by atoms with Crippen LogP contribution in [0.15, 0.2) is 29.1 Å². The molecule has 134 valence electrons. The van der Waals surface area contributed by atoms with E-state index in [-0.39, 0.29) is 17.5 Å². The molecule has 0 N–H and O–H groups in total. The van der Waals surface area contributed by atoms with Crippen molar-refractivity contribution in [3.8, 4) is 0 Å². The predicted octanol–water partition coefficient (Wildman–Crippen LogP) is 1.65. The van der Waals surface area contributed by atoms with E-state index >= 15 is 0 Å². The third kappa shape index (κ3) is 3.74. The number of aromatic nitrogens is 2. The van der Waals surface area contributed by atoms with E-state index in [0.29, 0.717) is 30.6 Å². The number of rotatable bonds is 4. The number of amides is 1. The van der Waals surface area contributed by atoms with Crippen LogP contribution in [-0.4, -0.2) is 58.0 Å².